The van der Waals surface area contributed by atoms with Crippen LogP contribution in [0.2, 0.25) is 13.1 Å². The molecular weight excluding hydrogens is 179 g/mol. The molecule has 0 radical (unpaired) electrons. The summed E-state index contributed by atoms with van der Waals surface area (Å²) in [6.07, 6.45) is 4.68. The summed E-state index contributed by atoms with van der Waals surface area (Å²) < 4.78 is 0. The molecule has 0 amide bonds. The van der Waals surface area contributed by atoms with E-state index in [0.717, 1.165) is 5.54 Å². The normalized spacial score (nSPS) is 18.1. The Morgan fingerprint density at radius 1 is 1.21 bits per heavy atom. The number of hydrogen-bond acceptors (Lipinski definition) is 0. The zero-order chi connectivity index (χ0) is 9.42. The second kappa shape index (κ2) is 4.53. The molecule has 0 aliphatic heterocycles. The van der Waals surface area contributed by atoms with Crippen LogP contribution in [-0.4, -0.2) is 27.7 Å². The van der Waals surface area contributed by atoms with Crippen molar-refractivity contribution in [3.8, 4) is 0 Å². The van der Waals surface area contributed by atoms with Gasteiger partial charge in [-0.1, -0.05) is 49.0 Å². The first-order valence-electron chi connectivity index (χ1n) is 4.97. The maximum absolute atomic E-state index is 2.42. The number of hydrogen-bond donors (Lipinski definition) is 0. The Morgan fingerprint density at radius 2 is 1.93 bits per heavy atom. The Labute approximate surface area is 100 Å². The van der Waals surface area contributed by atoms with Gasteiger partial charge in [0.15, 0.2) is 0 Å². The quantitative estimate of drug-likeness (QED) is 0.605. The van der Waals surface area contributed by atoms with Gasteiger partial charge in [0.2, 0.25) is 0 Å². The Hall–Kier alpha value is -0.226. The summed E-state index contributed by atoms with van der Waals surface area (Å²) >= 11 is 0. The van der Waals surface area contributed by atoms with Crippen LogP contribution in [0.1, 0.15) is 22.2 Å². The van der Waals surface area contributed by atoms with Crippen molar-refractivity contribution in [2.75, 3.05) is 0 Å². The number of aryl methyl sites for hydroxylation is 1. The molecule has 1 aromatic carbocycles. The molecule has 2 heteroatoms. The van der Waals surface area contributed by atoms with Crippen LogP contribution < -0.4 is 0 Å². The van der Waals surface area contributed by atoms with Gasteiger partial charge in [0, 0.05) is 8.80 Å². The molecule has 1 unspecified atom stereocenters. The third kappa shape index (κ3) is 2.06. The maximum atomic E-state index is 2.42. The van der Waals surface area contributed by atoms with E-state index < -0.39 is 8.80 Å². The molecule has 1 aliphatic carbocycles. The summed E-state index contributed by atoms with van der Waals surface area (Å²) in [5.41, 5.74) is 5.16. The van der Waals surface area contributed by atoms with Crippen molar-refractivity contribution < 1.29 is 0 Å². The molecule has 0 saturated heterocycles. The van der Waals surface area contributed by atoms with Crippen LogP contribution in [0.4, 0.5) is 0 Å². The first-order chi connectivity index (χ1) is 6.18. The number of rotatable bonds is 1. The van der Waals surface area contributed by atoms with Crippen LogP contribution in [0.5, 0.6) is 0 Å². The molecule has 0 bridgehead atoms. The van der Waals surface area contributed by atoms with Crippen LogP contribution in [-0.2, 0) is 0 Å². The Balaban J connectivity index is 0.000000980. The molecule has 0 nitrogen and oxygen atoms in total. The van der Waals surface area contributed by atoms with E-state index in [4.69, 9.17) is 0 Å². The molecule has 0 saturated carbocycles. The molecule has 0 spiro atoms. The Bertz CT molecular complexity index is 355. The van der Waals surface area contributed by atoms with E-state index in [1.54, 1.807) is 5.56 Å². The van der Waals surface area contributed by atoms with Gasteiger partial charge in [0.1, 0.15) is 0 Å². The number of benzene rings is 1. The molecule has 1 aliphatic rings. The van der Waals surface area contributed by atoms with Gasteiger partial charge in [-0.05, 0) is 23.6 Å². The van der Waals surface area contributed by atoms with Gasteiger partial charge in [-0.3, -0.25) is 0 Å². The monoisotopic (exact) mass is 196 g/mol. The first-order valence-corrected chi connectivity index (χ1v) is 7.95. The van der Waals surface area contributed by atoms with E-state index in [2.05, 4.69) is 50.4 Å². The van der Waals surface area contributed by atoms with Gasteiger partial charge in [0.05, 0.1) is 0 Å². The molecule has 14 heavy (non-hydrogen) atoms. The van der Waals surface area contributed by atoms with E-state index in [-0.39, 0.29) is 18.9 Å². The molecule has 0 aromatic heterocycles. The van der Waals surface area contributed by atoms with E-state index in [9.17, 15) is 0 Å². The molecule has 0 fully saturated rings. The summed E-state index contributed by atoms with van der Waals surface area (Å²) in [4.78, 5) is 0. The molecule has 0 N–H and O–H groups in total. The third-order valence-corrected chi connectivity index (χ3v) is 4.82. The fraction of sp³-hybridized carbons (Fsp3) is 0.333. The Kier molecular flexibility index (Phi) is 3.83. The van der Waals surface area contributed by atoms with E-state index >= 15 is 0 Å². The summed E-state index contributed by atoms with van der Waals surface area (Å²) in [5, 5.41) is 0. The summed E-state index contributed by atoms with van der Waals surface area (Å²) in [6.45, 7) is 7.00. The molecule has 0 heterocycles. The van der Waals surface area contributed by atoms with E-state index in [0.29, 0.717) is 0 Å². The van der Waals surface area contributed by atoms with Crippen LogP contribution in [0, 0.1) is 6.92 Å². The average Bonchev–Trinajstić information content (AvgIpc) is 2.46. The Morgan fingerprint density at radius 3 is 2.57 bits per heavy atom. The van der Waals surface area contributed by atoms with Gasteiger partial charge >= 0.3 is 18.9 Å². The van der Waals surface area contributed by atoms with Crippen molar-refractivity contribution in [1.82, 2.24) is 0 Å². The molecule has 1 atom stereocenters. The van der Waals surface area contributed by atoms with Crippen molar-refractivity contribution in [3.63, 3.8) is 0 Å². The minimum atomic E-state index is -0.563. The van der Waals surface area contributed by atoms with Crippen LogP contribution in [0.25, 0.3) is 6.08 Å². The zero-order valence-corrected chi connectivity index (χ0v) is 9.70. The van der Waals surface area contributed by atoms with Gasteiger partial charge < -0.3 is 0 Å². The van der Waals surface area contributed by atoms with Gasteiger partial charge in [-0.15, -0.1) is 0 Å². The standard InChI is InChI=1S/C12H16Si.Li.H/c1-9-4-6-11-10(8-9)5-7-12(11)13(2)3;;/h4-8,12-13H,1-3H3;;. The number of allylic oxidation sites excluding steroid dienone is 1. The van der Waals surface area contributed by atoms with Crippen molar-refractivity contribution in [3.05, 3.63) is 41.0 Å². The second-order valence-electron chi connectivity index (χ2n) is 4.26. The topological polar surface area (TPSA) is 0 Å². The second-order valence-corrected chi connectivity index (χ2v) is 7.47. The van der Waals surface area contributed by atoms with Gasteiger partial charge in [-0.25, -0.2) is 0 Å². The van der Waals surface area contributed by atoms with Crippen molar-refractivity contribution in [2.24, 2.45) is 0 Å². The van der Waals surface area contributed by atoms with E-state index in [1.165, 1.54) is 11.1 Å². The van der Waals surface area contributed by atoms with Crippen LogP contribution in [0.15, 0.2) is 24.3 Å². The first kappa shape index (κ1) is 11.8. The van der Waals surface area contributed by atoms with Crippen LogP contribution in [0.3, 0.4) is 0 Å². The molecule has 2 rings (SSSR count). The molecule has 1 aromatic rings. The van der Waals surface area contributed by atoms with Crippen molar-refractivity contribution >= 4 is 33.7 Å². The summed E-state index contributed by atoms with van der Waals surface area (Å²) in [5.74, 6) is 0. The average molecular weight is 196 g/mol. The number of fused-ring (bicyclic) bond motifs is 1. The zero-order valence-electron chi connectivity index (χ0n) is 8.54. The predicted molar refractivity (Wildman–Crippen MR) is 69.0 cm³/mol. The van der Waals surface area contributed by atoms with Gasteiger partial charge in [-0.2, -0.15) is 0 Å². The van der Waals surface area contributed by atoms with Gasteiger partial charge in [0.25, 0.3) is 0 Å². The van der Waals surface area contributed by atoms with Crippen molar-refractivity contribution in [1.29, 1.82) is 0 Å². The van der Waals surface area contributed by atoms with E-state index in [1.807, 2.05) is 0 Å². The predicted octanol–water partition coefficient (Wildman–Crippen LogP) is 2.48. The molecular formula is C12H17LiSi. The fourth-order valence-corrected chi connectivity index (χ4v) is 3.61. The minimum absolute atomic E-state index is 0. The summed E-state index contributed by atoms with van der Waals surface area (Å²) in [7, 11) is -0.563. The molecule has 70 valence electrons. The summed E-state index contributed by atoms with van der Waals surface area (Å²) in [6, 6.07) is 6.83. The SMILES string of the molecule is Cc1ccc2c(c1)C=CC2[SiH](C)C.[LiH]. The van der Waals surface area contributed by atoms with Crippen LogP contribution >= 0.6 is 0 Å². The fourth-order valence-electron chi connectivity index (χ4n) is 2.03. The third-order valence-electron chi connectivity index (χ3n) is 2.80. The van der Waals surface area contributed by atoms with Crippen molar-refractivity contribution in [2.45, 2.75) is 25.6 Å².